The average molecular weight is 242 g/mol. The smallest absolute Gasteiger partial charge is 0.0411 e. The summed E-state index contributed by atoms with van der Waals surface area (Å²) < 4.78 is 0. The van der Waals surface area contributed by atoms with Gasteiger partial charge in [-0.05, 0) is 37.7 Å². The third kappa shape index (κ3) is 1.36. The Balaban J connectivity index is 1.71. The minimum Gasteiger partial charge on any atom is -0.314 e. The van der Waals surface area contributed by atoms with Crippen molar-refractivity contribution in [3.63, 3.8) is 0 Å². The van der Waals surface area contributed by atoms with Crippen molar-refractivity contribution in [3.8, 4) is 0 Å². The molecule has 1 N–H and O–H groups in total. The first kappa shape index (κ1) is 11.0. The maximum absolute atomic E-state index is 3.62. The molecule has 0 radical (unpaired) electrons. The molecule has 1 aromatic rings. The van der Waals surface area contributed by atoms with Gasteiger partial charge in [0, 0.05) is 30.7 Å². The van der Waals surface area contributed by atoms with Crippen molar-refractivity contribution >= 4 is 0 Å². The summed E-state index contributed by atoms with van der Waals surface area (Å²) in [5.41, 5.74) is 1.63. The minimum absolute atomic E-state index is 0.173. The summed E-state index contributed by atoms with van der Waals surface area (Å²) in [4.78, 5) is 2.82. The number of hydrogen-bond acceptors (Lipinski definition) is 2. The van der Waals surface area contributed by atoms with Crippen LogP contribution in [0.4, 0.5) is 0 Å². The van der Waals surface area contributed by atoms with Crippen LogP contribution in [-0.2, 0) is 5.54 Å². The second-order valence-corrected chi connectivity index (χ2v) is 6.69. The number of benzene rings is 1. The van der Waals surface area contributed by atoms with Gasteiger partial charge < -0.3 is 5.32 Å². The highest BCUT2D eigenvalue weighted by Crippen LogP contribution is 2.57. The largest absolute Gasteiger partial charge is 0.314 e. The molecule has 1 aromatic carbocycles. The van der Waals surface area contributed by atoms with E-state index in [1.54, 1.807) is 0 Å². The second kappa shape index (κ2) is 3.58. The normalized spacial score (nSPS) is 38.6. The van der Waals surface area contributed by atoms with Crippen LogP contribution in [0.15, 0.2) is 30.3 Å². The SMILES string of the molecule is CC(C)(c1ccccc1)N1C2CNCC1C1CC12. The standard InChI is InChI=1S/C16H22N2/c1-16(2,11-6-4-3-5-7-11)18-14-9-17-10-15(18)13-8-12(13)14/h3-7,12-15,17H,8-10H2,1-2H3. The van der Waals surface area contributed by atoms with Crippen molar-refractivity contribution in [3.05, 3.63) is 35.9 Å². The molecule has 18 heavy (non-hydrogen) atoms. The highest BCUT2D eigenvalue weighted by atomic mass is 15.3. The molecular formula is C16H22N2. The minimum atomic E-state index is 0.173. The monoisotopic (exact) mass is 242 g/mol. The zero-order valence-electron chi connectivity index (χ0n) is 11.3. The quantitative estimate of drug-likeness (QED) is 0.855. The predicted molar refractivity (Wildman–Crippen MR) is 73.3 cm³/mol. The Hall–Kier alpha value is -0.860. The Morgan fingerprint density at radius 2 is 1.67 bits per heavy atom. The maximum Gasteiger partial charge on any atom is 0.0411 e. The zero-order chi connectivity index (χ0) is 12.3. The average Bonchev–Trinajstić information content (AvgIpc) is 3.15. The fraction of sp³-hybridized carbons (Fsp3) is 0.625. The van der Waals surface area contributed by atoms with Crippen molar-refractivity contribution in [1.82, 2.24) is 10.2 Å². The lowest BCUT2D eigenvalue weighted by Gasteiger charge is -2.48. The zero-order valence-corrected chi connectivity index (χ0v) is 11.3. The summed E-state index contributed by atoms with van der Waals surface area (Å²) in [7, 11) is 0. The van der Waals surface area contributed by atoms with E-state index in [9.17, 15) is 0 Å². The Morgan fingerprint density at radius 3 is 2.28 bits per heavy atom. The molecule has 4 rings (SSSR count). The topological polar surface area (TPSA) is 15.3 Å². The van der Waals surface area contributed by atoms with Gasteiger partial charge in [0.2, 0.25) is 0 Å². The lowest BCUT2D eigenvalue weighted by Crippen LogP contribution is -2.60. The van der Waals surface area contributed by atoms with Gasteiger partial charge >= 0.3 is 0 Å². The number of nitrogens with one attached hydrogen (secondary N) is 1. The van der Waals surface area contributed by atoms with Gasteiger partial charge in [0.1, 0.15) is 0 Å². The van der Waals surface area contributed by atoms with Gasteiger partial charge in [0.15, 0.2) is 0 Å². The molecule has 96 valence electrons. The molecule has 4 atom stereocenters. The third-order valence-electron chi connectivity index (χ3n) is 5.43. The van der Waals surface area contributed by atoms with Gasteiger partial charge in [0.05, 0.1) is 0 Å². The van der Waals surface area contributed by atoms with E-state index < -0.39 is 0 Å². The predicted octanol–water partition coefficient (Wildman–Crippen LogP) is 2.21. The molecule has 2 bridgehead atoms. The molecular weight excluding hydrogens is 220 g/mol. The van der Waals surface area contributed by atoms with Crippen LogP contribution in [0.25, 0.3) is 0 Å². The molecule has 2 heterocycles. The Labute approximate surface area is 109 Å². The summed E-state index contributed by atoms with van der Waals surface area (Å²) in [6, 6.07) is 12.6. The summed E-state index contributed by atoms with van der Waals surface area (Å²) in [6.45, 7) is 7.18. The molecule has 2 aliphatic heterocycles. The Kier molecular flexibility index (Phi) is 2.19. The molecule has 2 nitrogen and oxygen atoms in total. The van der Waals surface area contributed by atoms with Crippen LogP contribution in [0.2, 0.25) is 0 Å². The second-order valence-electron chi connectivity index (χ2n) is 6.69. The van der Waals surface area contributed by atoms with Gasteiger partial charge in [0.25, 0.3) is 0 Å². The summed E-state index contributed by atoms with van der Waals surface area (Å²) in [5.74, 6) is 1.96. The van der Waals surface area contributed by atoms with E-state index in [-0.39, 0.29) is 5.54 Å². The summed E-state index contributed by atoms with van der Waals surface area (Å²) >= 11 is 0. The van der Waals surface area contributed by atoms with Crippen LogP contribution in [0.5, 0.6) is 0 Å². The molecule has 1 aliphatic carbocycles. The van der Waals surface area contributed by atoms with Gasteiger partial charge in [-0.3, -0.25) is 4.90 Å². The van der Waals surface area contributed by atoms with Crippen molar-refractivity contribution in [2.75, 3.05) is 13.1 Å². The summed E-state index contributed by atoms with van der Waals surface area (Å²) in [5, 5.41) is 3.62. The molecule has 3 aliphatic rings. The first-order valence-electron chi connectivity index (χ1n) is 7.24. The van der Waals surface area contributed by atoms with Crippen LogP contribution in [-0.4, -0.2) is 30.1 Å². The third-order valence-corrected chi connectivity index (χ3v) is 5.43. The van der Waals surface area contributed by atoms with E-state index in [0.29, 0.717) is 0 Å². The highest BCUT2D eigenvalue weighted by Gasteiger charge is 2.62. The van der Waals surface area contributed by atoms with Crippen molar-refractivity contribution in [2.24, 2.45) is 11.8 Å². The number of nitrogens with zero attached hydrogens (tertiary/aromatic N) is 1. The molecule has 0 aromatic heterocycles. The van der Waals surface area contributed by atoms with Crippen LogP contribution >= 0.6 is 0 Å². The number of rotatable bonds is 2. The van der Waals surface area contributed by atoms with E-state index in [4.69, 9.17) is 0 Å². The molecule has 0 amide bonds. The van der Waals surface area contributed by atoms with Crippen LogP contribution in [0.1, 0.15) is 25.8 Å². The molecule has 0 spiro atoms. The fourth-order valence-electron chi connectivity index (χ4n) is 4.48. The lowest BCUT2D eigenvalue weighted by atomic mass is 9.88. The van der Waals surface area contributed by atoms with E-state index in [1.165, 1.54) is 25.1 Å². The van der Waals surface area contributed by atoms with Crippen molar-refractivity contribution < 1.29 is 0 Å². The lowest BCUT2D eigenvalue weighted by molar-refractivity contribution is 0.0173. The Bertz CT molecular complexity index is 437. The fourth-order valence-corrected chi connectivity index (χ4v) is 4.48. The van der Waals surface area contributed by atoms with E-state index in [0.717, 1.165) is 23.9 Å². The molecule has 3 fully saturated rings. The van der Waals surface area contributed by atoms with Gasteiger partial charge in [-0.15, -0.1) is 0 Å². The Morgan fingerprint density at radius 1 is 1.06 bits per heavy atom. The number of piperidine rings is 1. The first-order valence-corrected chi connectivity index (χ1v) is 7.24. The van der Waals surface area contributed by atoms with Crippen molar-refractivity contribution in [1.29, 1.82) is 0 Å². The molecule has 2 heteroatoms. The van der Waals surface area contributed by atoms with Gasteiger partial charge in [-0.2, -0.15) is 0 Å². The first-order chi connectivity index (χ1) is 8.69. The van der Waals surface area contributed by atoms with Crippen molar-refractivity contribution in [2.45, 2.75) is 37.9 Å². The van der Waals surface area contributed by atoms with Gasteiger partial charge in [-0.25, -0.2) is 0 Å². The maximum atomic E-state index is 3.62. The van der Waals surface area contributed by atoms with Gasteiger partial charge in [-0.1, -0.05) is 30.3 Å². The molecule has 4 unspecified atom stereocenters. The van der Waals surface area contributed by atoms with Crippen LogP contribution in [0.3, 0.4) is 0 Å². The van der Waals surface area contributed by atoms with Crippen LogP contribution < -0.4 is 5.32 Å². The molecule has 2 saturated heterocycles. The number of piperazine rings is 1. The van der Waals surface area contributed by atoms with E-state index >= 15 is 0 Å². The summed E-state index contributed by atoms with van der Waals surface area (Å²) in [6.07, 6.45) is 1.48. The molecule has 1 saturated carbocycles. The number of hydrogen-bond donors (Lipinski definition) is 1. The highest BCUT2D eigenvalue weighted by molar-refractivity contribution is 5.27. The van der Waals surface area contributed by atoms with E-state index in [2.05, 4.69) is 54.4 Å². The van der Waals surface area contributed by atoms with Crippen LogP contribution in [0, 0.1) is 11.8 Å². The number of fused-ring (bicyclic) bond motifs is 5. The van der Waals surface area contributed by atoms with E-state index in [1.807, 2.05) is 0 Å².